The molecule has 1 heterocycles. The summed E-state index contributed by atoms with van der Waals surface area (Å²) in [5, 5.41) is 0. The Hall–Kier alpha value is -1.81. The van der Waals surface area contributed by atoms with Gasteiger partial charge < -0.3 is 4.57 Å². The molecule has 0 aliphatic heterocycles. The number of rotatable bonds is 3. The van der Waals surface area contributed by atoms with E-state index in [1.165, 1.54) is 23.3 Å². The number of halogens is 1. The zero-order chi connectivity index (χ0) is 14.1. The number of hydrogen-bond acceptors (Lipinski definition) is 2. The number of fused-ring (bicyclic) bond motifs is 1. The van der Waals surface area contributed by atoms with E-state index in [0.29, 0.717) is 11.3 Å². The fraction of sp³-hybridized carbons (Fsp3) is 0.188. The molecule has 0 saturated heterocycles. The van der Waals surface area contributed by atoms with Gasteiger partial charge in [-0.15, -0.1) is 0 Å². The van der Waals surface area contributed by atoms with Gasteiger partial charge in [-0.05, 0) is 24.6 Å². The summed E-state index contributed by atoms with van der Waals surface area (Å²) in [5.74, 6) is 1.13. The summed E-state index contributed by atoms with van der Waals surface area (Å²) in [5.41, 5.74) is 4.06. The van der Waals surface area contributed by atoms with Crippen LogP contribution < -0.4 is 0 Å². The van der Waals surface area contributed by atoms with E-state index >= 15 is 0 Å². The highest BCUT2D eigenvalue weighted by atomic mass is 32.1. The second-order valence-corrected chi connectivity index (χ2v) is 5.21. The molecule has 0 bridgehead atoms. The maximum atomic E-state index is 13.3. The number of thiol groups is 1. The summed E-state index contributed by atoms with van der Waals surface area (Å²) >= 11 is 4.32. The van der Waals surface area contributed by atoms with E-state index in [0.717, 1.165) is 17.9 Å². The molecule has 0 unspecified atom stereocenters. The predicted molar refractivity (Wildman–Crippen MR) is 82.7 cm³/mol. The Balaban J connectivity index is 2.07. The van der Waals surface area contributed by atoms with Crippen LogP contribution in [0, 0.1) is 12.7 Å². The first-order valence-corrected chi connectivity index (χ1v) is 7.11. The SMILES string of the molecule is Cc1ccc(Cn2c(CS)nc3cc(F)ccc32)cc1. The van der Waals surface area contributed by atoms with Gasteiger partial charge in [-0.2, -0.15) is 12.6 Å². The fourth-order valence-corrected chi connectivity index (χ4v) is 2.57. The molecule has 0 aliphatic rings. The standard InChI is InChI=1S/C16H15FN2S/c1-11-2-4-12(5-3-11)9-19-15-7-6-13(17)8-14(15)18-16(19)10-20/h2-8,20H,9-10H2,1H3. The molecule has 1 aromatic heterocycles. The molecule has 0 radical (unpaired) electrons. The van der Waals surface area contributed by atoms with Gasteiger partial charge in [0.15, 0.2) is 0 Å². The molecule has 3 aromatic rings. The Morgan fingerprint density at radius 1 is 1.15 bits per heavy atom. The molecule has 0 fully saturated rings. The van der Waals surface area contributed by atoms with Gasteiger partial charge >= 0.3 is 0 Å². The van der Waals surface area contributed by atoms with Gasteiger partial charge in [0.1, 0.15) is 11.6 Å². The summed E-state index contributed by atoms with van der Waals surface area (Å²) < 4.78 is 15.4. The molecule has 102 valence electrons. The van der Waals surface area contributed by atoms with Crippen LogP contribution in [0.25, 0.3) is 11.0 Å². The zero-order valence-corrected chi connectivity index (χ0v) is 12.1. The van der Waals surface area contributed by atoms with Gasteiger partial charge in [-0.1, -0.05) is 29.8 Å². The molecule has 0 aliphatic carbocycles. The lowest BCUT2D eigenvalue weighted by Crippen LogP contribution is -2.03. The smallest absolute Gasteiger partial charge is 0.125 e. The molecular weight excluding hydrogens is 271 g/mol. The van der Waals surface area contributed by atoms with Crippen molar-refractivity contribution in [3.8, 4) is 0 Å². The number of aromatic nitrogens is 2. The molecule has 0 atom stereocenters. The molecule has 0 spiro atoms. The van der Waals surface area contributed by atoms with E-state index in [1.54, 1.807) is 6.07 Å². The monoisotopic (exact) mass is 286 g/mol. The van der Waals surface area contributed by atoms with Gasteiger partial charge in [0.25, 0.3) is 0 Å². The van der Waals surface area contributed by atoms with Crippen LogP contribution >= 0.6 is 12.6 Å². The van der Waals surface area contributed by atoms with Crippen LogP contribution in [-0.4, -0.2) is 9.55 Å². The normalized spacial score (nSPS) is 11.2. The largest absolute Gasteiger partial charge is 0.323 e. The first-order chi connectivity index (χ1) is 9.67. The third kappa shape index (κ3) is 2.43. The highest BCUT2D eigenvalue weighted by molar-refractivity contribution is 7.79. The van der Waals surface area contributed by atoms with Crippen LogP contribution in [0.3, 0.4) is 0 Å². The molecule has 0 N–H and O–H groups in total. The summed E-state index contributed by atoms with van der Waals surface area (Å²) in [7, 11) is 0. The highest BCUT2D eigenvalue weighted by Crippen LogP contribution is 2.20. The van der Waals surface area contributed by atoms with Crippen molar-refractivity contribution in [2.24, 2.45) is 0 Å². The quantitative estimate of drug-likeness (QED) is 0.721. The van der Waals surface area contributed by atoms with Gasteiger partial charge in [-0.3, -0.25) is 0 Å². The van der Waals surface area contributed by atoms with Crippen LogP contribution in [0.5, 0.6) is 0 Å². The first-order valence-electron chi connectivity index (χ1n) is 6.48. The van der Waals surface area contributed by atoms with Crippen LogP contribution in [0.15, 0.2) is 42.5 Å². The molecule has 3 rings (SSSR count). The average Bonchev–Trinajstić information content (AvgIpc) is 2.78. The van der Waals surface area contributed by atoms with Crippen molar-refractivity contribution in [2.75, 3.05) is 0 Å². The lowest BCUT2D eigenvalue weighted by Gasteiger charge is -2.08. The van der Waals surface area contributed by atoms with Crippen molar-refractivity contribution < 1.29 is 4.39 Å². The summed E-state index contributed by atoms with van der Waals surface area (Å²) in [6, 6.07) is 13.1. The molecule has 0 saturated carbocycles. The van der Waals surface area contributed by atoms with Crippen molar-refractivity contribution in [2.45, 2.75) is 19.2 Å². The van der Waals surface area contributed by atoms with Crippen LogP contribution in [0.2, 0.25) is 0 Å². The molecular formula is C16H15FN2S. The molecule has 20 heavy (non-hydrogen) atoms. The van der Waals surface area contributed by atoms with Crippen molar-refractivity contribution in [1.82, 2.24) is 9.55 Å². The lowest BCUT2D eigenvalue weighted by atomic mass is 10.1. The van der Waals surface area contributed by atoms with E-state index in [4.69, 9.17) is 0 Å². The van der Waals surface area contributed by atoms with Gasteiger partial charge in [-0.25, -0.2) is 9.37 Å². The Morgan fingerprint density at radius 2 is 1.90 bits per heavy atom. The van der Waals surface area contributed by atoms with Crippen LogP contribution in [0.4, 0.5) is 4.39 Å². The Bertz CT molecular complexity index is 747. The average molecular weight is 286 g/mol. The molecule has 4 heteroatoms. The number of nitrogens with zero attached hydrogens (tertiary/aromatic N) is 2. The minimum absolute atomic E-state index is 0.261. The Morgan fingerprint density at radius 3 is 2.60 bits per heavy atom. The van der Waals surface area contributed by atoms with E-state index in [1.807, 2.05) is 0 Å². The molecule has 2 aromatic carbocycles. The summed E-state index contributed by atoms with van der Waals surface area (Å²) in [6.45, 7) is 2.79. The second kappa shape index (κ2) is 5.29. The van der Waals surface area contributed by atoms with Gasteiger partial charge in [0.05, 0.1) is 11.0 Å². The third-order valence-electron chi connectivity index (χ3n) is 3.39. The number of aryl methyl sites for hydroxylation is 1. The number of hydrogen-bond donors (Lipinski definition) is 1. The summed E-state index contributed by atoms with van der Waals surface area (Å²) in [6.07, 6.45) is 0. The zero-order valence-electron chi connectivity index (χ0n) is 11.2. The van der Waals surface area contributed by atoms with E-state index < -0.39 is 0 Å². The van der Waals surface area contributed by atoms with Gasteiger partial charge in [0, 0.05) is 18.4 Å². The van der Waals surface area contributed by atoms with Crippen molar-refractivity contribution in [3.63, 3.8) is 0 Å². The van der Waals surface area contributed by atoms with Crippen molar-refractivity contribution in [1.29, 1.82) is 0 Å². The fourth-order valence-electron chi connectivity index (χ4n) is 2.33. The van der Waals surface area contributed by atoms with Crippen LogP contribution in [0.1, 0.15) is 17.0 Å². The highest BCUT2D eigenvalue weighted by Gasteiger charge is 2.10. The van der Waals surface area contributed by atoms with Gasteiger partial charge in [0.2, 0.25) is 0 Å². The van der Waals surface area contributed by atoms with E-state index in [2.05, 4.69) is 53.4 Å². The van der Waals surface area contributed by atoms with E-state index in [-0.39, 0.29) is 5.82 Å². The van der Waals surface area contributed by atoms with Crippen molar-refractivity contribution in [3.05, 3.63) is 65.2 Å². The Labute approximate surface area is 122 Å². The summed E-state index contributed by atoms with van der Waals surface area (Å²) in [4.78, 5) is 4.45. The third-order valence-corrected chi connectivity index (χ3v) is 3.67. The molecule has 2 nitrogen and oxygen atoms in total. The Kier molecular flexibility index (Phi) is 3.49. The number of imidazole rings is 1. The number of benzene rings is 2. The maximum absolute atomic E-state index is 13.3. The minimum Gasteiger partial charge on any atom is -0.323 e. The van der Waals surface area contributed by atoms with E-state index in [9.17, 15) is 4.39 Å². The lowest BCUT2D eigenvalue weighted by molar-refractivity contribution is 0.629. The topological polar surface area (TPSA) is 17.8 Å². The maximum Gasteiger partial charge on any atom is 0.125 e. The van der Waals surface area contributed by atoms with Crippen LogP contribution in [-0.2, 0) is 12.3 Å². The molecule has 0 amide bonds. The second-order valence-electron chi connectivity index (χ2n) is 4.89. The predicted octanol–water partition coefficient (Wildman–Crippen LogP) is 3.96. The van der Waals surface area contributed by atoms with Crippen molar-refractivity contribution >= 4 is 23.7 Å². The minimum atomic E-state index is -0.261. The first kappa shape index (κ1) is 13.2.